The van der Waals surface area contributed by atoms with Crippen molar-refractivity contribution in [1.29, 1.82) is 0 Å². The first-order valence-electron chi connectivity index (χ1n) is 6.90. The zero-order chi connectivity index (χ0) is 14.7. The Morgan fingerprint density at radius 2 is 2.33 bits per heavy atom. The van der Waals surface area contributed by atoms with Crippen LogP contribution in [0.25, 0.3) is 0 Å². The van der Waals surface area contributed by atoms with Crippen LogP contribution in [0.15, 0.2) is 28.9 Å². The second kappa shape index (κ2) is 6.30. The van der Waals surface area contributed by atoms with Gasteiger partial charge in [0, 0.05) is 35.3 Å². The van der Waals surface area contributed by atoms with Crippen LogP contribution >= 0.6 is 15.9 Å². The molecule has 3 rings (SSSR count). The predicted octanol–water partition coefficient (Wildman–Crippen LogP) is 3.18. The first-order valence-corrected chi connectivity index (χ1v) is 7.69. The Morgan fingerprint density at radius 3 is 3.19 bits per heavy atom. The Hall–Kier alpha value is -1.82. The number of nitrogens with zero attached hydrogens (tertiary/aromatic N) is 2. The molecule has 0 spiro atoms. The Bertz CT molecular complexity index is 649. The van der Waals surface area contributed by atoms with E-state index in [4.69, 9.17) is 9.47 Å². The molecule has 0 amide bonds. The second-order valence-electron chi connectivity index (χ2n) is 4.66. The first kappa shape index (κ1) is 14.1. The standard InChI is InChI=1S/C15H16BrN3O2/c1-2-20-13-3-5-17-15(19-13)18-9-11-8-12(16)7-10-4-6-21-14(10)11/h3,5,7-8H,2,4,6,9H2,1H3,(H,17,18,19). The van der Waals surface area contributed by atoms with Crippen LogP contribution in [-0.4, -0.2) is 23.2 Å². The minimum Gasteiger partial charge on any atom is -0.493 e. The lowest BCUT2D eigenvalue weighted by Crippen LogP contribution is -2.06. The van der Waals surface area contributed by atoms with Crippen molar-refractivity contribution in [3.05, 3.63) is 40.0 Å². The lowest BCUT2D eigenvalue weighted by molar-refractivity contribution is 0.326. The highest BCUT2D eigenvalue weighted by Crippen LogP contribution is 2.33. The Labute approximate surface area is 131 Å². The normalized spacial score (nSPS) is 12.7. The number of halogens is 1. The molecule has 1 aromatic carbocycles. The zero-order valence-electron chi connectivity index (χ0n) is 11.7. The Kier molecular flexibility index (Phi) is 4.24. The number of nitrogens with one attached hydrogen (secondary N) is 1. The summed E-state index contributed by atoms with van der Waals surface area (Å²) in [7, 11) is 0. The molecule has 1 aliphatic rings. The molecule has 5 nitrogen and oxygen atoms in total. The maximum Gasteiger partial charge on any atom is 0.226 e. The number of rotatable bonds is 5. The zero-order valence-corrected chi connectivity index (χ0v) is 13.3. The van der Waals surface area contributed by atoms with Crippen molar-refractivity contribution in [1.82, 2.24) is 9.97 Å². The third-order valence-corrected chi connectivity index (χ3v) is 3.64. The van der Waals surface area contributed by atoms with Crippen LogP contribution in [0.5, 0.6) is 11.6 Å². The van der Waals surface area contributed by atoms with E-state index >= 15 is 0 Å². The van der Waals surface area contributed by atoms with Gasteiger partial charge in [0.05, 0.1) is 13.2 Å². The van der Waals surface area contributed by atoms with Gasteiger partial charge in [0.2, 0.25) is 11.8 Å². The summed E-state index contributed by atoms with van der Waals surface area (Å²) in [5.41, 5.74) is 2.34. The van der Waals surface area contributed by atoms with Crippen molar-refractivity contribution in [3.8, 4) is 11.6 Å². The number of hydrogen-bond donors (Lipinski definition) is 1. The molecule has 0 saturated carbocycles. The minimum atomic E-state index is 0.549. The fourth-order valence-corrected chi connectivity index (χ4v) is 2.86. The van der Waals surface area contributed by atoms with Crippen molar-refractivity contribution >= 4 is 21.9 Å². The van der Waals surface area contributed by atoms with Gasteiger partial charge in [-0.15, -0.1) is 0 Å². The van der Waals surface area contributed by atoms with E-state index in [9.17, 15) is 0 Å². The van der Waals surface area contributed by atoms with Crippen LogP contribution in [0, 0.1) is 0 Å². The number of fused-ring (bicyclic) bond motifs is 1. The van der Waals surface area contributed by atoms with Crippen molar-refractivity contribution < 1.29 is 9.47 Å². The molecule has 21 heavy (non-hydrogen) atoms. The summed E-state index contributed by atoms with van der Waals surface area (Å²) in [6.07, 6.45) is 2.64. The van der Waals surface area contributed by atoms with Gasteiger partial charge < -0.3 is 14.8 Å². The number of aromatic nitrogens is 2. The number of ether oxygens (including phenoxy) is 2. The molecule has 1 aromatic heterocycles. The van der Waals surface area contributed by atoms with Gasteiger partial charge in [0.1, 0.15) is 5.75 Å². The number of hydrogen-bond acceptors (Lipinski definition) is 5. The Balaban J connectivity index is 1.75. The van der Waals surface area contributed by atoms with E-state index in [0.29, 0.717) is 25.0 Å². The second-order valence-corrected chi connectivity index (χ2v) is 5.57. The van der Waals surface area contributed by atoms with Crippen LogP contribution in [0.3, 0.4) is 0 Å². The van der Waals surface area contributed by atoms with E-state index in [1.54, 1.807) is 12.3 Å². The van der Waals surface area contributed by atoms with Crippen LogP contribution in [-0.2, 0) is 13.0 Å². The monoisotopic (exact) mass is 349 g/mol. The molecule has 2 heterocycles. The van der Waals surface area contributed by atoms with Gasteiger partial charge in [-0.25, -0.2) is 4.98 Å². The van der Waals surface area contributed by atoms with E-state index in [0.717, 1.165) is 28.8 Å². The summed E-state index contributed by atoms with van der Waals surface area (Å²) < 4.78 is 12.1. The molecular formula is C15H16BrN3O2. The summed E-state index contributed by atoms with van der Waals surface area (Å²) in [4.78, 5) is 8.49. The molecule has 0 radical (unpaired) electrons. The lowest BCUT2D eigenvalue weighted by Gasteiger charge is -2.11. The SMILES string of the molecule is CCOc1ccnc(NCc2cc(Br)cc3c2OCC3)n1. The average Bonchev–Trinajstić information content (AvgIpc) is 2.93. The van der Waals surface area contributed by atoms with Crippen LogP contribution in [0.2, 0.25) is 0 Å². The van der Waals surface area contributed by atoms with Crippen molar-refractivity contribution in [2.45, 2.75) is 19.9 Å². The van der Waals surface area contributed by atoms with Gasteiger partial charge in [0.15, 0.2) is 0 Å². The molecule has 0 fully saturated rings. The van der Waals surface area contributed by atoms with Crippen molar-refractivity contribution in [3.63, 3.8) is 0 Å². The summed E-state index contributed by atoms with van der Waals surface area (Å²) in [5.74, 6) is 2.10. The molecule has 110 valence electrons. The third kappa shape index (κ3) is 3.26. The highest BCUT2D eigenvalue weighted by Gasteiger charge is 2.17. The van der Waals surface area contributed by atoms with Gasteiger partial charge in [-0.1, -0.05) is 15.9 Å². The maximum atomic E-state index is 5.71. The van der Waals surface area contributed by atoms with Gasteiger partial charge in [-0.3, -0.25) is 0 Å². The van der Waals surface area contributed by atoms with Crippen LogP contribution < -0.4 is 14.8 Å². The molecule has 1 N–H and O–H groups in total. The number of benzene rings is 1. The predicted molar refractivity (Wildman–Crippen MR) is 83.9 cm³/mol. The Morgan fingerprint density at radius 1 is 1.43 bits per heavy atom. The average molecular weight is 350 g/mol. The summed E-state index contributed by atoms with van der Waals surface area (Å²) in [6.45, 7) is 3.87. The largest absolute Gasteiger partial charge is 0.493 e. The molecule has 0 bridgehead atoms. The van der Waals surface area contributed by atoms with Crippen LogP contribution in [0.4, 0.5) is 5.95 Å². The number of anilines is 1. The van der Waals surface area contributed by atoms with Gasteiger partial charge in [0.25, 0.3) is 0 Å². The van der Waals surface area contributed by atoms with Crippen molar-refractivity contribution in [2.75, 3.05) is 18.5 Å². The van der Waals surface area contributed by atoms with E-state index in [1.807, 2.05) is 6.92 Å². The summed E-state index contributed by atoms with van der Waals surface area (Å²) in [5, 5.41) is 3.21. The smallest absolute Gasteiger partial charge is 0.226 e. The van der Waals surface area contributed by atoms with E-state index < -0.39 is 0 Å². The highest BCUT2D eigenvalue weighted by molar-refractivity contribution is 9.10. The van der Waals surface area contributed by atoms with Gasteiger partial charge in [-0.05, 0) is 24.6 Å². The molecule has 2 aromatic rings. The molecular weight excluding hydrogens is 334 g/mol. The fraction of sp³-hybridized carbons (Fsp3) is 0.333. The molecule has 6 heteroatoms. The molecule has 0 unspecified atom stereocenters. The lowest BCUT2D eigenvalue weighted by atomic mass is 10.1. The molecule has 0 saturated heterocycles. The van der Waals surface area contributed by atoms with Crippen LogP contribution in [0.1, 0.15) is 18.1 Å². The summed E-state index contributed by atoms with van der Waals surface area (Å²) >= 11 is 3.54. The van der Waals surface area contributed by atoms with E-state index in [2.05, 4.69) is 43.3 Å². The van der Waals surface area contributed by atoms with E-state index in [1.165, 1.54) is 5.56 Å². The van der Waals surface area contributed by atoms with Gasteiger partial charge in [-0.2, -0.15) is 4.98 Å². The van der Waals surface area contributed by atoms with E-state index in [-0.39, 0.29) is 0 Å². The fourth-order valence-electron chi connectivity index (χ4n) is 2.31. The van der Waals surface area contributed by atoms with Gasteiger partial charge >= 0.3 is 0 Å². The quantitative estimate of drug-likeness (QED) is 0.898. The van der Waals surface area contributed by atoms with Crippen molar-refractivity contribution in [2.24, 2.45) is 0 Å². The maximum absolute atomic E-state index is 5.71. The molecule has 1 aliphatic heterocycles. The molecule has 0 atom stereocenters. The topological polar surface area (TPSA) is 56.3 Å². The highest BCUT2D eigenvalue weighted by atomic mass is 79.9. The first-order chi connectivity index (χ1) is 10.3. The third-order valence-electron chi connectivity index (χ3n) is 3.18. The summed E-state index contributed by atoms with van der Waals surface area (Å²) in [6, 6.07) is 5.91. The minimum absolute atomic E-state index is 0.549. The molecule has 0 aliphatic carbocycles.